The maximum atomic E-state index is 12.7. The Morgan fingerprint density at radius 2 is 1.61 bits per heavy atom. The number of amides is 2. The molecule has 0 aliphatic carbocycles. The lowest BCUT2D eigenvalue weighted by Gasteiger charge is -2.07. The summed E-state index contributed by atoms with van der Waals surface area (Å²) in [5.74, 6) is -0.0956. The maximum absolute atomic E-state index is 12.7. The summed E-state index contributed by atoms with van der Waals surface area (Å²) in [5, 5.41) is 9.10. The van der Waals surface area contributed by atoms with Gasteiger partial charge in [-0.3, -0.25) is 14.3 Å². The number of benzene rings is 1. The summed E-state index contributed by atoms with van der Waals surface area (Å²) < 4.78 is 33.2. The van der Waals surface area contributed by atoms with Crippen LogP contribution >= 0.6 is 11.3 Å². The van der Waals surface area contributed by atoms with Gasteiger partial charge < -0.3 is 15.2 Å². The summed E-state index contributed by atoms with van der Waals surface area (Å²) in [4.78, 5) is 23.1. The van der Waals surface area contributed by atoms with Gasteiger partial charge in [0.2, 0.25) is 11.8 Å². The molecule has 0 aliphatic heterocycles. The van der Waals surface area contributed by atoms with Crippen molar-refractivity contribution in [2.75, 3.05) is 15.4 Å². The van der Waals surface area contributed by atoms with Crippen LogP contribution in [0.4, 0.5) is 17.1 Å². The van der Waals surface area contributed by atoms with Gasteiger partial charge in [0, 0.05) is 30.1 Å². The van der Waals surface area contributed by atoms with Crippen LogP contribution in [-0.2, 0) is 19.6 Å². The molecule has 162 valence electrons. The molecule has 2 aromatic heterocycles. The third-order valence-electron chi connectivity index (χ3n) is 3.91. The number of hydrogen-bond acceptors (Lipinski definition) is 7. The normalized spacial score (nSPS) is 11.5. The fraction of sp³-hybridized carbons (Fsp3) is 0.150. The summed E-state index contributed by atoms with van der Waals surface area (Å²) in [5.41, 5.74) is 1.95. The summed E-state index contributed by atoms with van der Waals surface area (Å²) >= 11 is 1.07. The van der Waals surface area contributed by atoms with Gasteiger partial charge in [0.1, 0.15) is 15.6 Å². The molecule has 0 atom stereocenters. The van der Waals surface area contributed by atoms with E-state index in [9.17, 15) is 18.0 Å². The highest BCUT2D eigenvalue weighted by Crippen LogP contribution is 2.28. The van der Waals surface area contributed by atoms with Gasteiger partial charge >= 0.3 is 0 Å². The van der Waals surface area contributed by atoms with E-state index in [1.54, 1.807) is 49.4 Å². The molecule has 11 heteroatoms. The Labute approximate surface area is 183 Å². The first-order valence-corrected chi connectivity index (χ1v) is 11.4. The molecule has 3 N–H and O–H groups in total. The third-order valence-corrected chi connectivity index (χ3v) is 6.84. The standard InChI is InChI=1S/C20H20N4O5S2/c1-12-20(22-14(3)26)18(29-23-12)10-8-17-9-11-19(30-17)31(27,28)24-16-6-4-15(5-7-16)21-13(2)25/h4-11,24H,1-3H3,(H,21,25)(H,22,26)/b10-8+. The molecule has 0 radical (unpaired) electrons. The van der Waals surface area contributed by atoms with Crippen molar-refractivity contribution in [2.45, 2.75) is 25.0 Å². The van der Waals surface area contributed by atoms with Crippen molar-refractivity contribution >= 4 is 62.4 Å². The van der Waals surface area contributed by atoms with E-state index in [0.29, 0.717) is 33.4 Å². The van der Waals surface area contributed by atoms with Gasteiger partial charge in [0.15, 0.2) is 5.76 Å². The van der Waals surface area contributed by atoms with Crippen LogP contribution in [-0.4, -0.2) is 25.4 Å². The predicted molar refractivity (Wildman–Crippen MR) is 120 cm³/mol. The highest BCUT2D eigenvalue weighted by molar-refractivity contribution is 7.94. The SMILES string of the molecule is CC(=O)Nc1ccc(NS(=O)(=O)c2ccc(/C=C/c3onc(C)c3NC(C)=O)s2)cc1. The van der Waals surface area contributed by atoms with Crippen molar-refractivity contribution in [1.82, 2.24) is 5.16 Å². The van der Waals surface area contributed by atoms with Gasteiger partial charge in [-0.05, 0) is 55.5 Å². The van der Waals surface area contributed by atoms with Crippen LogP contribution in [0.1, 0.15) is 30.2 Å². The van der Waals surface area contributed by atoms with Crippen LogP contribution in [0.15, 0.2) is 45.1 Å². The number of thiophene rings is 1. The minimum Gasteiger partial charge on any atom is -0.354 e. The maximum Gasteiger partial charge on any atom is 0.271 e. The van der Waals surface area contributed by atoms with E-state index in [1.165, 1.54) is 19.9 Å². The molecule has 2 heterocycles. The molecule has 9 nitrogen and oxygen atoms in total. The highest BCUT2D eigenvalue weighted by Gasteiger charge is 2.17. The lowest BCUT2D eigenvalue weighted by Crippen LogP contribution is -2.11. The fourth-order valence-corrected chi connectivity index (χ4v) is 4.87. The van der Waals surface area contributed by atoms with E-state index < -0.39 is 10.0 Å². The second-order valence-electron chi connectivity index (χ2n) is 6.54. The van der Waals surface area contributed by atoms with E-state index >= 15 is 0 Å². The highest BCUT2D eigenvalue weighted by atomic mass is 32.2. The van der Waals surface area contributed by atoms with Crippen LogP contribution in [0.2, 0.25) is 0 Å². The Hall–Kier alpha value is -3.44. The van der Waals surface area contributed by atoms with Gasteiger partial charge in [-0.1, -0.05) is 5.16 Å². The fourth-order valence-electron chi connectivity index (χ4n) is 2.59. The number of rotatable bonds is 7. The second-order valence-corrected chi connectivity index (χ2v) is 9.57. The van der Waals surface area contributed by atoms with Crippen molar-refractivity contribution in [3.05, 3.63) is 52.7 Å². The molecule has 1 aromatic carbocycles. The molecule has 3 aromatic rings. The summed E-state index contributed by atoms with van der Waals surface area (Å²) in [6, 6.07) is 9.50. The molecule has 0 aliphatic rings. The summed E-state index contributed by atoms with van der Waals surface area (Å²) in [7, 11) is -3.78. The van der Waals surface area contributed by atoms with Crippen LogP contribution in [0.25, 0.3) is 12.2 Å². The number of carbonyl (C=O) groups is 2. The number of nitrogens with zero attached hydrogens (tertiary/aromatic N) is 1. The Balaban J connectivity index is 1.73. The average molecular weight is 461 g/mol. The predicted octanol–water partition coefficient (Wildman–Crippen LogP) is 3.93. The van der Waals surface area contributed by atoms with Crippen LogP contribution in [0.3, 0.4) is 0 Å². The van der Waals surface area contributed by atoms with Gasteiger partial charge in [0.05, 0.1) is 0 Å². The van der Waals surface area contributed by atoms with E-state index in [1.807, 2.05) is 0 Å². The largest absolute Gasteiger partial charge is 0.354 e. The van der Waals surface area contributed by atoms with E-state index in [-0.39, 0.29) is 16.0 Å². The molecular formula is C20H20N4O5S2. The van der Waals surface area contributed by atoms with Gasteiger partial charge in [-0.15, -0.1) is 11.3 Å². The van der Waals surface area contributed by atoms with E-state index in [0.717, 1.165) is 11.3 Å². The smallest absolute Gasteiger partial charge is 0.271 e. The lowest BCUT2D eigenvalue weighted by atomic mass is 10.2. The van der Waals surface area contributed by atoms with Crippen molar-refractivity contribution in [2.24, 2.45) is 0 Å². The third kappa shape index (κ3) is 5.80. The molecule has 0 spiro atoms. The minimum absolute atomic E-state index is 0.133. The van der Waals surface area contributed by atoms with E-state index in [2.05, 4.69) is 20.5 Å². The molecule has 31 heavy (non-hydrogen) atoms. The van der Waals surface area contributed by atoms with Gasteiger partial charge in [-0.2, -0.15) is 0 Å². The van der Waals surface area contributed by atoms with Crippen LogP contribution in [0, 0.1) is 6.92 Å². The minimum atomic E-state index is -3.78. The first-order chi connectivity index (χ1) is 14.6. The average Bonchev–Trinajstić information content (AvgIpc) is 3.29. The molecule has 0 saturated carbocycles. The second kappa shape index (κ2) is 9.14. The number of aryl methyl sites for hydroxylation is 1. The molecular weight excluding hydrogens is 440 g/mol. The topological polar surface area (TPSA) is 130 Å². The lowest BCUT2D eigenvalue weighted by molar-refractivity contribution is -0.115. The van der Waals surface area contributed by atoms with E-state index in [4.69, 9.17) is 4.52 Å². The number of sulfonamides is 1. The zero-order chi connectivity index (χ0) is 22.6. The summed E-state index contributed by atoms with van der Waals surface area (Å²) in [6.45, 7) is 4.48. The van der Waals surface area contributed by atoms with Crippen molar-refractivity contribution < 1.29 is 22.5 Å². The Bertz CT molecular complexity index is 1240. The quantitative estimate of drug-likeness (QED) is 0.490. The number of nitrogens with one attached hydrogen (secondary N) is 3. The monoisotopic (exact) mass is 460 g/mol. The summed E-state index contributed by atoms with van der Waals surface area (Å²) in [6.07, 6.45) is 3.29. The Morgan fingerprint density at radius 1 is 0.968 bits per heavy atom. The number of carbonyl (C=O) groups excluding carboxylic acids is 2. The zero-order valence-electron chi connectivity index (χ0n) is 16.9. The van der Waals surface area contributed by atoms with Gasteiger partial charge in [0.25, 0.3) is 10.0 Å². The number of hydrogen-bond donors (Lipinski definition) is 3. The van der Waals surface area contributed by atoms with Crippen LogP contribution < -0.4 is 15.4 Å². The van der Waals surface area contributed by atoms with Crippen LogP contribution in [0.5, 0.6) is 0 Å². The molecule has 2 amide bonds. The van der Waals surface area contributed by atoms with Gasteiger partial charge in [-0.25, -0.2) is 8.42 Å². The van der Waals surface area contributed by atoms with Crippen molar-refractivity contribution in [1.29, 1.82) is 0 Å². The van der Waals surface area contributed by atoms with Crippen molar-refractivity contribution in [3.8, 4) is 0 Å². The Kier molecular flexibility index (Phi) is 6.56. The first-order valence-electron chi connectivity index (χ1n) is 9.06. The first kappa shape index (κ1) is 22.2. The van der Waals surface area contributed by atoms with Crippen molar-refractivity contribution in [3.63, 3.8) is 0 Å². The molecule has 0 saturated heterocycles. The molecule has 0 unspecified atom stereocenters. The Morgan fingerprint density at radius 3 is 2.26 bits per heavy atom. The molecule has 0 fully saturated rings. The zero-order valence-corrected chi connectivity index (χ0v) is 18.6. The molecule has 0 bridgehead atoms. The number of aromatic nitrogens is 1. The molecule has 3 rings (SSSR count). The number of anilines is 3.